The lowest BCUT2D eigenvalue weighted by molar-refractivity contribution is -0.274. The predicted molar refractivity (Wildman–Crippen MR) is 97.3 cm³/mol. The van der Waals surface area contributed by atoms with Gasteiger partial charge in [0.25, 0.3) is 0 Å². The average molecular weight is 403 g/mol. The summed E-state index contributed by atoms with van der Waals surface area (Å²) < 4.78 is 42.0. The van der Waals surface area contributed by atoms with Crippen LogP contribution < -0.4 is 15.8 Å². The first kappa shape index (κ1) is 18.8. The Morgan fingerprint density at radius 3 is 2.45 bits per heavy atom. The average Bonchev–Trinajstić information content (AvgIpc) is 3.23. The van der Waals surface area contributed by atoms with Crippen molar-refractivity contribution >= 4 is 6.03 Å². The molecule has 2 atom stereocenters. The van der Waals surface area contributed by atoms with Crippen LogP contribution >= 0.6 is 0 Å². The Labute approximate surface area is 163 Å². The number of ether oxygens (including phenoxy) is 1. The number of aromatic nitrogens is 3. The Hall–Kier alpha value is -3.56. The number of amides is 2. The van der Waals surface area contributed by atoms with E-state index in [0.717, 1.165) is 17.5 Å². The molecule has 1 aromatic heterocycles. The molecule has 0 bridgehead atoms. The minimum Gasteiger partial charge on any atom is -0.406 e. The molecule has 3 N–H and O–H groups in total. The van der Waals surface area contributed by atoms with Crippen molar-refractivity contribution in [2.45, 2.75) is 24.7 Å². The van der Waals surface area contributed by atoms with Crippen molar-refractivity contribution in [3.8, 4) is 22.8 Å². The molecule has 1 heterocycles. The number of nitrogens with two attached hydrogens (primary N) is 1. The third-order valence-corrected chi connectivity index (χ3v) is 4.54. The van der Waals surface area contributed by atoms with Crippen LogP contribution in [0.15, 0.2) is 54.9 Å². The van der Waals surface area contributed by atoms with E-state index in [2.05, 4.69) is 20.1 Å². The van der Waals surface area contributed by atoms with Gasteiger partial charge in [-0.15, -0.1) is 18.3 Å². The predicted octanol–water partition coefficient (Wildman–Crippen LogP) is 3.36. The van der Waals surface area contributed by atoms with E-state index < -0.39 is 12.4 Å². The first-order chi connectivity index (χ1) is 13.8. The molecular weight excluding hydrogens is 387 g/mol. The molecule has 0 spiro atoms. The first-order valence-electron chi connectivity index (χ1n) is 8.73. The Balaban J connectivity index is 1.44. The minimum atomic E-state index is -4.73. The number of nitrogens with one attached hydrogen (secondary N) is 1. The molecule has 0 saturated heterocycles. The van der Waals surface area contributed by atoms with Crippen LogP contribution in [0.4, 0.5) is 18.0 Å². The van der Waals surface area contributed by atoms with Gasteiger partial charge in [0.2, 0.25) is 0 Å². The molecule has 2 amide bonds. The molecule has 3 aromatic rings. The summed E-state index contributed by atoms with van der Waals surface area (Å²) in [4.78, 5) is 15.2. The van der Waals surface area contributed by atoms with E-state index in [4.69, 9.17) is 5.73 Å². The van der Waals surface area contributed by atoms with Crippen LogP contribution in [0, 0.1) is 0 Å². The van der Waals surface area contributed by atoms with Crippen molar-refractivity contribution in [2.75, 3.05) is 0 Å². The van der Waals surface area contributed by atoms with Gasteiger partial charge in [-0.2, -0.15) is 0 Å². The maximum atomic E-state index is 12.2. The summed E-state index contributed by atoms with van der Waals surface area (Å²) in [6.07, 6.45) is -2.40. The van der Waals surface area contributed by atoms with Gasteiger partial charge in [0.15, 0.2) is 5.82 Å². The minimum absolute atomic E-state index is 0.0694. The van der Waals surface area contributed by atoms with E-state index in [1.807, 2.05) is 24.3 Å². The zero-order chi connectivity index (χ0) is 20.6. The lowest BCUT2D eigenvalue weighted by Gasteiger charge is -2.09. The van der Waals surface area contributed by atoms with Crippen molar-refractivity contribution in [1.29, 1.82) is 0 Å². The number of rotatable bonds is 5. The molecule has 1 aliphatic rings. The van der Waals surface area contributed by atoms with Crippen LogP contribution in [0.2, 0.25) is 0 Å². The van der Waals surface area contributed by atoms with Gasteiger partial charge in [0.05, 0.1) is 5.69 Å². The number of urea groups is 1. The van der Waals surface area contributed by atoms with Crippen molar-refractivity contribution in [1.82, 2.24) is 20.1 Å². The van der Waals surface area contributed by atoms with Gasteiger partial charge in [0, 0.05) is 17.5 Å². The van der Waals surface area contributed by atoms with Crippen molar-refractivity contribution in [2.24, 2.45) is 5.73 Å². The molecule has 1 fully saturated rings. The van der Waals surface area contributed by atoms with Gasteiger partial charge in [-0.1, -0.05) is 24.3 Å². The normalized spacial score (nSPS) is 18.3. The number of primary amides is 1. The maximum Gasteiger partial charge on any atom is 0.573 e. The topological polar surface area (TPSA) is 95.1 Å². The lowest BCUT2D eigenvalue weighted by atomic mass is 10.1. The second-order valence-corrected chi connectivity index (χ2v) is 6.63. The van der Waals surface area contributed by atoms with Crippen molar-refractivity contribution in [3.63, 3.8) is 0 Å². The third-order valence-electron chi connectivity index (χ3n) is 4.54. The smallest absolute Gasteiger partial charge is 0.406 e. The van der Waals surface area contributed by atoms with E-state index in [-0.39, 0.29) is 17.7 Å². The van der Waals surface area contributed by atoms with Gasteiger partial charge in [-0.3, -0.25) is 0 Å². The highest BCUT2D eigenvalue weighted by molar-refractivity contribution is 5.72. The summed E-state index contributed by atoms with van der Waals surface area (Å²) in [5.74, 6) is 0.427. The standard InChI is InChI=1S/C19H16F3N5O2/c20-19(21,22)29-14-7-5-13(6-8-14)27-10-24-17(26-27)12-3-1-11(2-4-12)15-9-16(15)25-18(23)28/h1-8,10,15-16H,9H2,(H3,23,25,28). The highest BCUT2D eigenvalue weighted by Crippen LogP contribution is 2.41. The van der Waals surface area contributed by atoms with E-state index in [1.54, 1.807) is 0 Å². The summed E-state index contributed by atoms with van der Waals surface area (Å²) in [5, 5.41) is 7.06. The SMILES string of the molecule is NC(=O)NC1CC1c1ccc(-c2ncn(-c3ccc(OC(F)(F)F)cc3)n2)cc1. The first-order valence-corrected chi connectivity index (χ1v) is 8.73. The number of halogens is 3. The summed E-state index contributed by atoms with van der Waals surface area (Å²) in [6, 6.07) is 12.6. The molecule has 2 unspecified atom stereocenters. The van der Waals surface area contributed by atoms with Crippen LogP contribution in [-0.2, 0) is 0 Å². The molecule has 29 heavy (non-hydrogen) atoms. The highest BCUT2D eigenvalue weighted by atomic mass is 19.4. The number of benzene rings is 2. The zero-order valence-electron chi connectivity index (χ0n) is 14.9. The van der Waals surface area contributed by atoms with E-state index >= 15 is 0 Å². The summed E-state index contributed by atoms with van der Waals surface area (Å²) in [5.41, 5.74) is 7.57. The molecule has 0 aliphatic heterocycles. The second kappa shape index (κ2) is 7.12. The zero-order valence-corrected chi connectivity index (χ0v) is 14.9. The largest absolute Gasteiger partial charge is 0.573 e. The van der Waals surface area contributed by atoms with Gasteiger partial charge < -0.3 is 15.8 Å². The number of nitrogens with zero attached hydrogens (tertiary/aromatic N) is 3. The molecular formula is C19H16F3N5O2. The van der Waals surface area contributed by atoms with Gasteiger partial charge in [0.1, 0.15) is 12.1 Å². The van der Waals surface area contributed by atoms with E-state index in [9.17, 15) is 18.0 Å². The Morgan fingerprint density at radius 2 is 1.83 bits per heavy atom. The maximum absolute atomic E-state index is 12.2. The fraction of sp³-hybridized carbons (Fsp3) is 0.211. The van der Waals surface area contributed by atoms with Crippen LogP contribution in [-0.4, -0.2) is 33.2 Å². The highest BCUT2D eigenvalue weighted by Gasteiger charge is 2.39. The molecule has 150 valence electrons. The van der Waals surface area contributed by atoms with Crippen LogP contribution in [0.25, 0.3) is 17.1 Å². The quantitative estimate of drug-likeness (QED) is 0.683. The van der Waals surface area contributed by atoms with Crippen LogP contribution in [0.5, 0.6) is 5.75 Å². The van der Waals surface area contributed by atoms with Crippen molar-refractivity contribution in [3.05, 3.63) is 60.4 Å². The molecule has 1 aliphatic carbocycles. The number of hydrogen-bond acceptors (Lipinski definition) is 4. The lowest BCUT2D eigenvalue weighted by Crippen LogP contribution is -2.31. The monoisotopic (exact) mass is 403 g/mol. The van der Waals surface area contributed by atoms with Gasteiger partial charge >= 0.3 is 12.4 Å². The number of alkyl halides is 3. The van der Waals surface area contributed by atoms with E-state index in [1.165, 1.54) is 35.3 Å². The van der Waals surface area contributed by atoms with E-state index in [0.29, 0.717) is 11.5 Å². The fourth-order valence-corrected chi connectivity index (χ4v) is 3.11. The molecule has 0 radical (unpaired) electrons. The van der Waals surface area contributed by atoms with Gasteiger partial charge in [-0.05, 0) is 36.2 Å². The summed E-state index contributed by atoms with van der Waals surface area (Å²) in [6.45, 7) is 0. The van der Waals surface area contributed by atoms with Crippen molar-refractivity contribution < 1.29 is 22.7 Å². The number of carbonyl (C=O) groups is 1. The number of hydrogen-bond donors (Lipinski definition) is 2. The Bertz CT molecular complexity index is 1020. The Morgan fingerprint density at radius 1 is 1.14 bits per heavy atom. The fourth-order valence-electron chi connectivity index (χ4n) is 3.11. The molecule has 1 saturated carbocycles. The second-order valence-electron chi connectivity index (χ2n) is 6.63. The number of carbonyl (C=O) groups excluding carboxylic acids is 1. The third kappa shape index (κ3) is 4.48. The summed E-state index contributed by atoms with van der Waals surface area (Å²) >= 11 is 0. The summed E-state index contributed by atoms with van der Waals surface area (Å²) in [7, 11) is 0. The van der Waals surface area contributed by atoms with Crippen LogP contribution in [0.3, 0.4) is 0 Å². The molecule has 7 nitrogen and oxygen atoms in total. The molecule has 4 rings (SSSR count). The Kier molecular flexibility index (Phi) is 4.61. The molecule has 10 heteroatoms. The van der Waals surface area contributed by atoms with Crippen LogP contribution in [0.1, 0.15) is 17.9 Å². The molecule has 2 aromatic carbocycles. The van der Waals surface area contributed by atoms with Gasteiger partial charge in [-0.25, -0.2) is 14.5 Å².